The van der Waals surface area contributed by atoms with Gasteiger partial charge in [-0.2, -0.15) is 0 Å². The van der Waals surface area contributed by atoms with E-state index < -0.39 is 10.0 Å². The number of hydrogen-bond acceptors (Lipinski definition) is 3. The first-order chi connectivity index (χ1) is 8.98. The molecule has 112 valence electrons. The fourth-order valence-corrected chi connectivity index (χ4v) is 4.24. The Bertz CT molecular complexity index is 599. The van der Waals surface area contributed by atoms with Crippen LogP contribution in [0.4, 0.5) is 5.69 Å². The average Bonchev–Trinajstić information content (AvgIpc) is 2.65. The summed E-state index contributed by atoms with van der Waals surface area (Å²) in [7, 11) is -3.49. The maximum absolute atomic E-state index is 12.3. The quantitative estimate of drug-likeness (QED) is 0.839. The van der Waals surface area contributed by atoms with Crippen LogP contribution in [0.15, 0.2) is 23.1 Å². The lowest BCUT2D eigenvalue weighted by Crippen LogP contribution is -2.27. The Morgan fingerprint density at radius 2 is 1.70 bits per heavy atom. The van der Waals surface area contributed by atoms with Crippen LogP contribution in [0.2, 0.25) is 0 Å². The lowest BCUT2D eigenvalue weighted by molar-refractivity contribution is 0.457. The van der Waals surface area contributed by atoms with Crippen molar-refractivity contribution in [1.82, 2.24) is 4.72 Å². The number of sulfonamides is 1. The monoisotopic (exact) mass is 296 g/mol. The lowest BCUT2D eigenvalue weighted by atomic mass is 10.0. The predicted molar refractivity (Wildman–Crippen MR) is 81.8 cm³/mol. The number of rotatable bonds is 4. The van der Waals surface area contributed by atoms with Crippen LogP contribution in [0.25, 0.3) is 0 Å². The molecule has 3 N–H and O–H groups in total. The SMILES string of the molecule is Cc1cc(N)cc(S(=O)(=O)NCC2C(C)(C)C2(C)C)c1. The Balaban J connectivity index is 2.13. The number of benzene rings is 1. The highest BCUT2D eigenvalue weighted by molar-refractivity contribution is 7.89. The van der Waals surface area contributed by atoms with Crippen molar-refractivity contribution < 1.29 is 8.42 Å². The van der Waals surface area contributed by atoms with Crippen LogP contribution >= 0.6 is 0 Å². The van der Waals surface area contributed by atoms with Crippen molar-refractivity contribution in [2.24, 2.45) is 16.7 Å². The molecule has 1 aromatic carbocycles. The van der Waals surface area contributed by atoms with E-state index in [1.807, 2.05) is 6.92 Å². The van der Waals surface area contributed by atoms with E-state index in [1.165, 1.54) is 6.07 Å². The second kappa shape index (κ2) is 4.46. The molecule has 0 spiro atoms. The zero-order chi connectivity index (χ0) is 15.3. The number of hydrogen-bond donors (Lipinski definition) is 2. The largest absolute Gasteiger partial charge is 0.399 e. The van der Waals surface area contributed by atoms with Crippen molar-refractivity contribution in [3.05, 3.63) is 23.8 Å². The zero-order valence-corrected chi connectivity index (χ0v) is 13.6. The highest BCUT2D eigenvalue weighted by Crippen LogP contribution is 2.67. The molecule has 0 bridgehead atoms. The molecule has 0 aliphatic heterocycles. The van der Waals surface area contributed by atoms with Crippen molar-refractivity contribution in [3.8, 4) is 0 Å². The molecular weight excluding hydrogens is 272 g/mol. The highest BCUT2D eigenvalue weighted by atomic mass is 32.2. The van der Waals surface area contributed by atoms with Gasteiger partial charge in [0.2, 0.25) is 10.0 Å². The maximum atomic E-state index is 12.3. The molecule has 0 amide bonds. The van der Waals surface area contributed by atoms with Crippen molar-refractivity contribution in [2.45, 2.75) is 39.5 Å². The van der Waals surface area contributed by atoms with Crippen LogP contribution in [-0.2, 0) is 10.0 Å². The standard InChI is InChI=1S/C15H24N2O2S/c1-10-6-11(16)8-12(7-10)20(18,19)17-9-13-14(2,3)15(13,4)5/h6-8,13,17H,9,16H2,1-5H3. The van der Waals surface area contributed by atoms with Gasteiger partial charge in [0, 0.05) is 12.2 Å². The normalized spacial score (nSPS) is 20.9. The molecule has 20 heavy (non-hydrogen) atoms. The van der Waals surface area contributed by atoms with Gasteiger partial charge in [0.1, 0.15) is 0 Å². The summed E-state index contributed by atoms with van der Waals surface area (Å²) >= 11 is 0. The molecule has 0 heterocycles. The van der Waals surface area contributed by atoms with Gasteiger partial charge in [-0.25, -0.2) is 13.1 Å². The molecule has 1 aromatic rings. The van der Waals surface area contributed by atoms with Crippen LogP contribution in [0, 0.1) is 23.7 Å². The molecule has 0 saturated heterocycles. The molecule has 0 aromatic heterocycles. The summed E-state index contributed by atoms with van der Waals surface area (Å²) in [4.78, 5) is 0.242. The molecule has 1 fully saturated rings. The van der Waals surface area contributed by atoms with Crippen molar-refractivity contribution >= 4 is 15.7 Å². The second-order valence-corrected chi connectivity index (χ2v) is 8.69. The predicted octanol–water partition coefficient (Wildman–Crippen LogP) is 2.54. The van der Waals surface area contributed by atoms with Crippen LogP contribution < -0.4 is 10.5 Å². The topological polar surface area (TPSA) is 72.2 Å². The fourth-order valence-electron chi connectivity index (χ4n) is 3.05. The van der Waals surface area contributed by atoms with E-state index in [0.717, 1.165) is 5.56 Å². The summed E-state index contributed by atoms with van der Waals surface area (Å²) in [6.07, 6.45) is 0. The molecule has 1 saturated carbocycles. The maximum Gasteiger partial charge on any atom is 0.240 e. The number of aryl methyl sites for hydroxylation is 1. The smallest absolute Gasteiger partial charge is 0.240 e. The van der Waals surface area contributed by atoms with Gasteiger partial charge in [-0.3, -0.25) is 0 Å². The summed E-state index contributed by atoms with van der Waals surface area (Å²) < 4.78 is 27.4. The van der Waals surface area contributed by atoms with E-state index in [0.29, 0.717) is 18.2 Å². The molecule has 4 nitrogen and oxygen atoms in total. The molecule has 5 heteroatoms. The third-order valence-electron chi connectivity index (χ3n) is 5.18. The summed E-state index contributed by atoms with van der Waals surface area (Å²) in [5, 5.41) is 0. The van der Waals surface area contributed by atoms with Gasteiger partial charge in [0.25, 0.3) is 0 Å². The first-order valence-electron chi connectivity index (χ1n) is 6.85. The molecule has 0 atom stereocenters. The Kier molecular flexibility index (Phi) is 3.42. The van der Waals surface area contributed by atoms with E-state index in [1.54, 1.807) is 12.1 Å². The van der Waals surface area contributed by atoms with Crippen LogP contribution in [-0.4, -0.2) is 15.0 Å². The third kappa shape index (κ3) is 2.44. The Hall–Kier alpha value is -1.07. The summed E-state index contributed by atoms with van der Waals surface area (Å²) in [6, 6.07) is 4.90. The fraction of sp³-hybridized carbons (Fsp3) is 0.600. The molecule has 1 aliphatic rings. The average molecular weight is 296 g/mol. The van der Waals surface area contributed by atoms with Gasteiger partial charge in [-0.15, -0.1) is 0 Å². The van der Waals surface area contributed by atoms with Crippen molar-refractivity contribution in [3.63, 3.8) is 0 Å². The minimum absolute atomic E-state index is 0.168. The highest BCUT2D eigenvalue weighted by Gasteiger charge is 2.64. The molecular formula is C15H24N2O2S. The molecule has 0 unspecified atom stereocenters. The van der Waals surface area contributed by atoms with Gasteiger partial charge in [-0.05, 0) is 47.4 Å². The van der Waals surface area contributed by atoms with E-state index >= 15 is 0 Å². The molecule has 2 rings (SSSR count). The van der Waals surface area contributed by atoms with Gasteiger partial charge in [-0.1, -0.05) is 27.7 Å². The van der Waals surface area contributed by atoms with Gasteiger partial charge in [0.15, 0.2) is 0 Å². The number of anilines is 1. The minimum atomic E-state index is -3.49. The van der Waals surface area contributed by atoms with Gasteiger partial charge < -0.3 is 5.73 Å². The van der Waals surface area contributed by atoms with E-state index in [-0.39, 0.29) is 15.7 Å². The van der Waals surface area contributed by atoms with E-state index in [2.05, 4.69) is 32.4 Å². The van der Waals surface area contributed by atoms with Gasteiger partial charge in [0.05, 0.1) is 4.90 Å². The Morgan fingerprint density at radius 1 is 1.15 bits per heavy atom. The minimum Gasteiger partial charge on any atom is -0.399 e. The Labute approximate surface area is 121 Å². The van der Waals surface area contributed by atoms with E-state index in [4.69, 9.17) is 5.73 Å². The summed E-state index contributed by atoms with van der Waals surface area (Å²) in [6.45, 7) is 11.0. The second-order valence-electron chi connectivity index (χ2n) is 6.93. The van der Waals surface area contributed by atoms with Crippen molar-refractivity contribution in [2.75, 3.05) is 12.3 Å². The number of nitrogens with one attached hydrogen (secondary N) is 1. The summed E-state index contributed by atoms with van der Waals surface area (Å²) in [5.41, 5.74) is 7.37. The molecule has 1 aliphatic carbocycles. The van der Waals surface area contributed by atoms with E-state index in [9.17, 15) is 8.42 Å². The van der Waals surface area contributed by atoms with Crippen molar-refractivity contribution in [1.29, 1.82) is 0 Å². The summed E-state index contributed by atoms with van der Waals surface area (Å²) in [5.74, 6) is 0.354. The first kappa shape index (κ1) is 15.3. The van der Waals surface area contributed by atoms with Crippen LogP contribution in [0.3, 0.4) is 0 Å². The Morgan fingerprint density at radius 3 is 2.15 bits per heavy atom. The van der Waals surface area contributed by atoms with Crippen LogP contribution in [0.5, 0.6) is 0 Å². The third-order valence-corrected chi connectivity index (χ3v) is 6.58. The van der Waals surface area contributed by atoms with Gasteiger partial charge >= 0.3 is 0 Å². The number of nitrogen functional groups attached to an aromatic ring is 1. The molecule has 0 radical (unpaired) electrons. The van der Waals surface area contributed by atoms with Crippen LogP contribution in [0.1, 0.15) is 33.3 Å². The lowest BCUT2D eigenvalue weighted by Gasteiger charge is -2.09. The first-order valence-corrected chi connectivity index (χ1v) is 8.33. The zero-order valence-electron chi connectivity index (χ0n) is 12.8. The number of nitrogens with two attached hydrogens (primary N) is 1.